The summed E-state index contributed by atoms with van der Waals surface area (Å²) in [7, 11) is 1.77. The molecule has 0 fully saturated rings. The lowest BCUT2D eigenvalue weighted by Gasteiger charge is -2.21. The molecule has 1 aliphatic heterocycles. The highest BCUT2D eigenvalue weighted by atomic mass is 16.6. The molecule has 0 saturated heterocycles. The molecule has 21 heavy (non-hydrogen) atoms. The van der Waals surface area contributed by atoms with Crippen LogP contribution in [0.25, 0.3) is 0 Å². The smallest absolute Gasteiger partial charge is 0.257 e. The van der Waals surface area contributed by atoms with E-state index in [4.69, 9.17) is 13.9 Å². The quantitative estimate of drug-likeness (QED) is 0.871. The Morgan fingerprint density at radius 1 is 1.19 bits per heavy atom. The summed E-state index contributed by atoms with van der Waals surface area (Å²) in [6, 6.07) is 7.43. The van der Waals surface area contributed by atoms with E-state index >= 15 is 0 Å². The Balaban J connectivity index is 1.74. The van der Waals surface area contributed by atoms with Gasteiger partial charge in [0, 0.05) is 13.6 Å². The third-order valence-electron chi connectivity index (χ3n) is 3.46. The Bertz CT molecular complexity index is 662. The molecule has 2 heterocycles. The third-order valence-corrected chi connectivity index (χ3v) is 3.46. The van der Waals surface area contributed by atoms with Gasteiger partial charge in [0.1, 0.15) is 19.0 Å². The fraction of sp³-hybridized carbons (Fsp3) is 0.312. The van der Waals surface area contributed by atoms with Gasteiger partial charge in [0.15, 0.2) is 11.5 Å². The van der Waals surface area contributed by atoms with Gasteiger partial charge in [-0.25, -0.2) is 0 Å². The zero-order valence-corrected chi connectivity index (χ0v) is 12.1. The van der Waals surface area contributed by atoms with Gasteiger partial charge in [-0.1, -0.05) is 6.07 Å². The topological polar surface area (TPSA) is 51.9 Å². The van der Waals surface area contributed by atoms with E-state index in [-0.39, 0.29) is 5.91 Å². The van der Waals surface area contributed by atoms with Crippen molar-refractivity contribution in [2.45, 2.75) is 13.5 Å². The Hall–Kier alpha value is -2.43. The zero-order chi connectivity index (χ0) is 14.8. The Kier molecular flexibility index (Phi) is 3.56. The number of benzene rings is 1. The van der Waals surface area contributed by atoms with Gasteiger partial charge in [0.05, 0.1) is 11.8 Å². The Morgan fingerprint density at radius 3 is 2.67 bits per heavy atom. The average Bonchev–Trinajstić information content (AvgIpc) is 2.92. The van der Waals surface area contributed by atoms with E-state index in [0.717, 1.165) is 17.1 Å². The predicted molar refractivity (Wildman–Crippen MR) is 76.7 cm³/mol. The van der Waals surface area contributed by atoms with Crippen LogP contribution in [0.3, 0.4) is 0 Å². The van der Waals surface area contributed by atoms with Crippen molar-refractivity contribution in [3.8, 4) is 11.5 Å². The number of furan rings is 1. The van der Waals surface area contributed by atoms with E-state index in [2.05, 4.69) is 0 Å². The molecule has 110 valence electrons. The van der Waals surface area contributed by atoms with Crippen molar-refractivity contribution in [3.63, 3.8) is 0 Å². The number of hydrogen-bond acceptors (Lipinski definition) is 4. The molecule has 1 aromatic heterocycles. The summed E-state index contributed by atoms with van der Waals surface area (Å²) in [5, 5.41) is 0. The molecule has 0 atom stereocenters. The van der Waals surface area contributed by atoms with Crippen LogP contribution in [-0.2, 0) is 6.54 Å². The van der Waals surface area contributed by atoms with Crippen LogP contribution < -0.4 is 9.47 Å². The van der Waals surface area contributed by atoms with Crippen molar-refractivity contribution < 1.29 is 18.7 Å². The summed E-state index contributed by atoms with van der Waals surface area (Å²) >= 11 is 0. The van der Waals surface area contributed by atoms with Gasteiger partial charge in [-0.2, -0.15) is 0 Å². The number of carbonyl (C=O) groups is 1. The monoisotopic (exact) mass is 287 g/mol. The van der Waals surface area contributed by atoms with Crippen molar-refractivity contribution in [2.24, 2.45) is 0 Å². The van der Waals surface area contributed by atoms with Crippen LogP contribution in [0.1, 0.15) is 21.7 Å². The highest BCUT2D eigenvalue weighted by molar-refractivity contribution is 5.94. The molecule has 0 spiro atoms. The van der Waals surface area contributed by atoms with E-state index in [1.54, 1.807) is 24.9 Å². The Morgan fingerprint density at radius 2 is 1.95 bits per heavy atom. The van der Waals surface area contributed by atoms with Crippen LogP contribution in [0.15, 0.2) is 34.9 Å². The van der Waals surface area contributed by atoms with Crippen molar-refractivity contribution in [1.82, 2.24) is 4.90 Å². The van der Waals surface area contributed by atoms with Crippen LogP contribution in [0, 0.1) is 6.92 Å². The van der Waals surface area contributed by atoms with E-state index in [9.17, 15) is 4.79 Å². The summed E-state index contributed by atoms with van der Waals surface area (Å²) in [6.07, 6.45) is 1.53. The standard InChI is InChI=1S/C16H17NO4/c1-11-13(5-6-19-11)16(18)17(2)10-12-3-4-14-15(9-12)21-8-7-20-14/h3-6,9H,7-8,10H2,1-2H3. The minimum absolute atomic E-state index is 0.0591. The first-order valence-electron chi connectivity index (χ1n) is 6.83. The lowest BCUT2D eigenvalue weighted by Crippen LogP contribution is -2.26. The minimum atomic E-state index is -0.0591. The maximum Gasteiger partial charge on any atom is 0.257 e. The van der Waals surface area contributed by atoms with Crippen LogP contribution in [0.2, 0.25) is 0 Å². The molecule has 1 amide bonds. The largest absolute Gasteiger partial charge is 0.486 e. The molecule has 0 radical (unpaired) electrons. The van der Waals surface area contributed by atoms with Crippen LogP contribution in [-0.4, -0.2) is 31.1 Å². The maximum absolute atomic E-state index is 12.3. The third kappa shape index (κ3) is 2.72. The van der Waals surface area contributed by atoms with Crippen molar-refractivity contribution in [2.75, 3.05) is 20.3 Å². The number of amides is 1. The molecular formula is C16H17NO4. The van der Waals surface area contributed by atoms with Gasteiger partial charge in [-0.15, -0.1) is 0 Å². The molecule has 0 aliphatic carbocycles. The molecule has 0 saturated carbocycles. The van der Waals surface area contributed by atoms with Gasteiger partial charge >= 0.3 is 0 Å². The van der Waals surface area contributed by atoms with Crippen molar-refractivity contribution >= 4 is 5.91 Å². The molecule has 2 aromatic rings. The molecular weight excluding hydrogens is 270 g/mol. The fourth-order valence-corrected chi connectivity index (χ4v) is 2.34. The summed E-state index contributed by atoms with van der Waals surface area (Å²) in [4.78, 5) is 14.0. The second kappa shape index (κ2) is 5.52. The predicted octanol–water partition coefficient (Wildman–Crippen LogP) is 2.63. The second-order valence-electron chi connectivity index (χ2n) is 5.03. The number of hydrogen-bond donors (Lipinski definition) is 0. The van der Waals surface area contributed by atoms with Crippen molar-refractivity contribution in [3.05, 3.63) is 47.4 Å². The first-order chi connectivity index (χ1) is 10.1. The molecule has 1 aliphatic rings. The molecule has 0 unspecified atom stereocenters. The van der Waals surface area contributed by atoms with Gasteiger partial charge < -0.3 is 18.8 Å². The summed E-state index contributed by atoms with van der Waals surface area (Å²) < 4.78 is 16.2. The summed E-state index contributed by atoms with van der Waals surface area (Å²) in [6.45, 7) is 3.41. The number of aryl methyl sites for hydroxylation is 1. The lowest BCUT2D eigenvalue weighted by molar-refractivity contribution is 0.0783. The Labute approximate surface area is 123 Å². The normalized spacial score (nSPS) is 13.0. The van der Waals surface area contributed by atoms with Gasteiger partial charge in [0.2, 0.25) is 0 Å². The van der Waals surface area contributed by atoms with E-state index < -0.39 is 0 Å². The first kappa shape index (κ1) is 13.5. The van der Waals surface area contributed by atoms with E-state index in [0.29, 0.717) is 31.1 Å². The molecule has 0 N–H and O–H groups in total. The second-order valence-corrected chi connectivity index (χ2v) is 5.03. The zero-order valence-electron chi connectivity index (χ0n) is 12.1. The summed E-state index contributed by atoms with van der Waals surface area (Å²) in [5.74, 6) is 2.06. The number of nitrogens with zero attached hydrogens (tertiary/aromatic N) is 1. The van der Waals surface area contributed by atoms with Gasteiger partial charge in [0.25, 0.3) is 5.91 Å². The minimum Gasteiger partial charge on any atom is -0.486 e. The average molecular weight is 287 g/mol. The van der Waals surface area contributed by atoms with Crippen LogP contribution in [0.4, 0.5) is 0 Å². The van der Waals surface area contributed by atoms with Crippen LogP contribution in [0.5, 0.6) is 11.5 Å². The van der Waals surface area contributed by atoms with Crippen LogP contribution >= 0.6 is 0 Å². The number of fused-ring (bicyclic) bond motifs is 1. The first-order valence-corrected chi connectivity index (χ1v) is 6.83. The molecule has 3 rings (SSSR count). The van der Waals surface area contributed by atoms with Crippen molar-refractivity contribution in [1.29, 1.82) is 0 Å². The highest BCUT2D eigenvalue weighted by Crippen LogP contribution is 2.31. The molecule has 1 aromatic carbocycles. The number of carbonyl (C=O) groups excluding carboxylic acids is 1. The molecule has 0 bridgehead atoms. The molecule has 5 heteroatoms. The molecule has 5 nitrogen and oxygen atoms in total. The number of ether oxygens (including phenoxy) is 2. The maximum atomic E-state index is 12.3. The lowest BCUT2D eigenvalue weighted by atomic mass is 10.1. The fourth-order valence-electron chi connectivity index (χ4n) is 2.34. The number of rotatable bonds is 3. The summed E-state index contributed by atoms with van der Waals surface area (Å²) in [5.41, 5.74) is 1.59. The SMILES string of the molecule is Cc1occc1C(=O)N(C)Cc1ccc2c(c1)OCCO2. The van der Waals surface area contributed by atoms with E-state index in [1.807, 2.05) is 18.2 Å². The van der Waals surface area contributed by atoms with Gasteiger partial charge in [-0.05, 0) is 30.7 Å². The highest BCUT2D eigenvalue weighted by Gasteiger charge is 2.18. The van der Waals surface area contributed by atoms with E-state index in [1.165, 1.54) is 6.26 Å². The van der Waals surface area contributed by atoms with Gasteiger partial charge in [-0.3, -0.25) is 4.79 Å².